The highest BCUT2D eigenvalue weighted by Crippen LogP contribution is 2.27. The summed E-state index contributed by atoms with van der Waals surface area (Å²) in [6.45, 7) is 0.464. The number of hydrogen-bond acceptors (Lipinski definition) is 3. The first kappa shape index (κ1) is 11.2. The van der Waals surface area contributed by atoms with Gasteiger partial charge in [0.25, 0.3) is 0 Å². The standard InChI is InChI=1S/C13H11ClN4/c14-10-7-16-5-4-9(10)13-17-11-3-1-2-8(6-15)12(11)18-13/h1-5,7H,6,15H2,(H,17,18). The molecule has 3 aromatic rings. The molecule has 0 amide bonds. The number of nitrogens with one attached hydrogen (secondary N) is 1. The van der Waals surface area contributed by atoms with Crippen molar-refractivity contribution in [2.24, 2.45) is 5.73 Å². The van der Waals surface area contributed by atoms with Gasteiger partial charge in [-0.2, -0.15) is 0 Å². The van der Waals surface area contributed by atoms with E-state index >= 15 is 0 Å². The average Bonchev–Trinajstić information content (AvgIpc) is 2.82. The number of fused-ring (bicyclic) bond motifs is 1. The zero-order valence-electron chi connectivity index (χ0n) is 9.52. The van der Waals surface area contributed by atoms with Crippen LogP contribution in [0.2, 0.25) is 5.02 Å². The second kappa shape index (κ2) is 4.40. The summed E-state index contributed by atoms with van der Waals surface area (Å²) in [7, 11) is 0. The van der Waals surface area contributed by atoms with Crippen molar-refractivity contribution in [3.05, 3.63) is 47.2 Å². The Morgan fingerprint density at radius 3 is 2.94 bits per heavy atom. The Hall–Kier alpha value is -1.91. The molecule has 0 radical (unpaired) electrons. The highest BCUT2D eigenvalue weighted by Gasteiger charge is 2.10. The van der Waals surface area contributed by atoms with Gasteiger partial charge in [-0.3, -0.25) is 4.98 Å². The number of aromatic amines is 1. The summed E-state index contributed by atoms with van der Waals surface area (Å²) >= 11 is 6.11. The van der Waals surface area contributed by atoms with E-state index < -0.39 is 0 Å². The molecule has 2 aromatic heterocycles. The third-order valence-corrected chi connectivity index (χ3v) is 3.14. The molecule has 0 saturated carbocycles. The molecule has 0 aliphatic carbocycles. The summed E-state index contributed by atoms with van der Waals surface area (Å²) in [5, 5.41) is 0.575. The smallest absolute Gasteiger partial charge is 0.140 e. The van der Waals surface area contributed by atoms with Crippen molar-refractivity contribution in [2.75, 3.05) is 0 Å². The second-order valence-electron chi connectivity index (χ2n) is 3.96. The van der Waals surface area contributed by atoms with Crippen LogP contribution in [0.4, 0.5) is 0 Å². The number of halogens is 1. The molecule has 18 heavy (non-hydrogen) atoms. The van der Waals surface area contributed by atoms with Crippen LogP contribution < -0.4 is 5.73 Å². The number of H-pyrrole nitrogens is 1. The van der Waals surface area contributed by atoms with E-state index in [0.717, 1.165) is 28.0 Å². The van der Waals surface area contributed by atoms with Gasteiger partial charge in [-0.1, -0.05) is 23.7 Å². The van der Waals surface area contributed by atoms with Crippen molar-refractivity contribution in [3.63, 3.8) is 0 Å². The molecule has 3 N–H and O–H groups in total. The van der Waals surface area contributed by atoms with Gasteiger partial charge in [0, 0.05) is 24.5 Å². The van der Waals surface area contributed by atoms with E-state index in [0.29, 0.717) is 11.6 Å². The van der Waals surface area contributed by atoms with Crippen molar-refractivity contribution >= 4 is 22.6 Å². The van der Waals surface area contributed by atoms with Crippen LogP contribution in [-0.4, -0.2) is 15.0 Å². The number of aromatic nitrogens is 3. The van der Waals surface area contributed by atoms with Crippen molar-refractivity contribution < 1.29 is 0 Å². The fourth-order valence-electron chi connectivity index (χ4n) is 1.95. The molecule has 0 spiro atoms. The van der Waals surface area contributed by atoms with E-state index in [9.17, 15) is 0 Å². The van der Waals surface area contributed by atoms with Crippen LogP contribution in [0.3, 0.4) is 0 Å². The Kier molecular flexibility index (Phi) is 2.74. The van der Waals surface area contributed by atoms with Crippen molar-refractivity contribution in [3.8, 4) is 11.4 Å². The third kappa shape index (κ3) is 1.75. The van der Waals surface area contributed by atoms with Gasteiger partial charge in [0.2, 0.25) is 0 Å². The maximum Gasteiger partial charge on any atom is 0.140 e. The summed E-state index contributed by atoms with van der Waals surface area (Å²) in [5.41, 5.74) is 9.41. The van der Waals surface area contributed by atoms with E-state index in [2.05, 4.69) is 15.0 Å². The Morgan fingerprint density at radius 1 is 1.28 bits per heavy atom. The summed E-state index contributed by atoms with van der Waals surface area (Å²) < 4.78 is 0. The lowest BCUT2D eigenvalue weighted by atomic mass is 10.2. The largest absolute Gasteiger partial charge is 0.338 e. The third-order valence-electron chi connectivity index (χ3n) is 2.84. The van der Waals surface area contributed by atoms with E-state index in [1.54, 1.807) is 12.4 Å². The molecule has 0 bridgehead atoms. The highest BCUT2D eigenvalue weighted by atomic mass is 35.5. The summed E-state index contributed by atoms with van der Waals surface area (Å²) in [6, 6.07) is 7.74. The van der Waals surface area contributed by atoms with Crippen LogP contribution >= 0.6 is 11.6 Å². The molecule has 0 fully saturated rings. The first-order chi connectivity index (χ1) is 8.79. The van der Waals surface area contributed by atoms with Gasteiger partial charge in [0.15, 0.2) is 0 Å². The van der Waals surface area contributed by atoms with Gasteiger partial charge in [0.1, 0.15) is 5.82 Å². The predicted octanol–water partition coefficient (Wildman–Crippen LogP) is 2.74. The van der Waals surface area contributed by atoms with Crippen molar-refractivity contribution in [2.45, 2.75) is 6.54 Å². The van der Waals surface area contributed by atoms with Crippen molar-refractivity contribution in [1.82, 2.24) is 15.0 Å². The molecule has 1 aromatic carbocycles. The molecule has 4 nitrogen and oxygen atoms in total. The fraction of sp³-hybridized carbons (Fsp3) is 0.0769. The zero-order chi connectivity index (χ0) is 12.5. The fourth-order valence-corrected chi connectivity index (χ4v) is 2.16. The molecular formula is C13H11ClN4. The topological polar surface area (TPSA) is 67.6 Å². The second-order valence-corrected chi connectivity index (χ2v) is 4.37. The van der Waals surface area contributed by atoms with E-state index in [1.807, 2.05) is 24.3 Å². The van der Waals surface area contributed by atoms with E-state index in [1.165, 1.54) is 0 Å². The van der Waals surface area contributed by atoms with Gasteiger partial charge in [-0.25, -0.2) is 4.98 Å². The van der Waals surface area contributed by atoms with Crippen LogP contribution in [0.15, 0.2) is 36.7 Å². The van der Waals surface area contributed by atoms with Gasteiger partial charge >= 0.3 is 0 Å². The monoisotopic (exact) mass is 258 g/mol. The molecule has 0 aliphatic rings. The molecule has 5 heteroatoms. The zero-order valence-corrected chi connectivity index (χ0v) is 10.3. The molecule has 0 unspecified atom stereocenters. The Labute approximate surface area is 109 Å². The highest BCUT2D eigenvalue weighted by molar-refractivity contribution is 6.33. The van der Waals surface area contributed by atoms with Gasteiger partial charge in [-0.15, -0.1) is 0 Å². The van der Waals surface area contributed by atoms with Gasteiger partial charge in [0.05, 0.1) is 16.1 Å². The summed E-state index contributed by atoms with van der Waals surface area (Å²) in [5.74, 6) is 0.735. The number of rotatable bonds is 2. The Morgan fingerprint density at radius 2 is 2.17 bits per heavy atom. The van der Waals surface area contributed by atoms with Crippen molar-refractivity contribution in [1.29, 1.82) is 0 Å². The van der Waals surface area contributed by atoms with Crippen LogP contribution in [0.1, 0.15) is 5.56 Å². The minimum absolute atomic E-state index is 0.464. The lowest BCUT2D eigenvalue weighted by molar-refractivity contribution is 1.08. The molecule has 0 atom stereocenters. The molecular weight excluding hydrogens is 248 g/mol. The quantitative estimate of drug-likeness (QED) is 0.743. The number of nitrogens with zero attached hydrogens (tertiary/aromatic N) is 2. The summed E-state index contributed by atoms with van der Waals surface area (Å²) in [4.78, 5) is 11.8. The Bertz CT molecular complexity index is 705. The Balaban J connectivity index is 2.23. The maximum atomic E-state index is 6.11. The number of hydrogen-bond donors (Lipinski definition) is 2. The SMILES string of the molecule is NCc1cccc2[nH]c(-c3ccncc3Cl)nc12. The maximum absolute atomic E-state index is 6.11. The number of imidazole rings is 1. The lowest BCUT2D eigenvalue weighted by Gasteiger charge is -1.97. The normalized spacial score (nSPS) is 11.0. The summed E-state index contributed by atoms with van der Waals surface area (Å²) in [6.07, 6.45) is 3.30. The van der Waals surface area contributed by atoms with Crippen LogP contribution in [0.25, 0.3) is 22.4 Å². The average molecular weight is 259 g/mol. The number of benzene rings is 1. The molecule has 3 rings (SSSR count). The lowest BCUT2D eigenvalue weighted by Crippen LogP contribution is -1.96. The van der Waals surface area contributed by atoms with Gasteiger partial charge in [-0.05, 0) is 17.7 Å². The number of nitrogens with two attached hydrogens (primary N) is 1. The minimum Gasteiger partial charge on any atom is -0.338 e. The van der Waals surface area contributed by atoms with Gasteiger partial charge < -0.3 is 10.7 Å². The molecule has 90 valence electrons. The number of pyridine rings is 1. The van der Waals surface area contributed by atoms with E-state index in [-0.39, 0.29) is 0 Å². The molecule has 0 aliphatic heterocycles. The predicted molar refractivity (Wildman–Crippen MR) is 72.2 cm³/mol. The van der Waals surface area contributed by atoms with Crippen LogP contribution in [-0.2, 0) is 6.54 Å². The van der Waals surface area contributed by atoms with Crippen LogP contribution in [0.5, 0.6) is 0 Å². The minimum atomic E-state index is 0.464. The van der Waals surface area contributed by atoms with Crippen LogP contribution in [0, 0.1) is 0 Å². The molecule has 2 heterocycles. The first-order valence-electron chi connectivity index (χ1n) is 5.57. The van der Waals surface area contributed by atoms with E-state index in [4.69, 9.17) is 17.3 Å². The number of para-hydroxylation sites is 1. The first-order valence-corrected chi connectivity index (χ1v) is 5.95. The molecule has 0 saturated heterocycles.